The van der Waals surface area contributed by atoms with Gasteiger partial charge >= 0.3 is 0 Å². The summed E-state index contributed by atoms with van der Waals surface area (Å²) in [5, 5.41) is 4.33. The van der Waals surface area contributed by atoms with E-state index in [4.69, 9.17) is 0 Å². The highest BCUT2D eigenvalue weighted by Gasteiger charge is 2.36. The molecule has 2 aliphatic rings. The molecule has 0 atom stereocenters. The average Bonchev–Trinajstić information content (AvgIpc) is 2.42. The summed E-state index contributed by atoms with van der Waals surface area (Å²) < 4.78 is 13.3. The maximum absolute atomic E-state index is 12.9. The van der Waals surface area contributed by atoms with Crippen molar-refractivity contribution in [3.63, 3.8) is 0 Å². The van der Waals surface area contributed by atoms with Gasteiger partial charge in [-0.15, -0.1) is 17.0 Å². The molecule has 1 aliphatic heterocycles. The maximum atomic E-state index is 12.9. The number of anilines is 1. The van der Waals surface area contributed by atoms with Gasteiger partial charge < -0.3 is 5.32 Å². The van der Waals surface area contributed by atoms with Gasteiger partial charge in [0, 0.05) is 17.0 Å². The fourth-order valence-electron chi connectivity index (χ4n) is 2.92. The van der Waals surface area contributed by atoms with Crippen LogP contribution in [0.1, 0.15) is 38.5 Å². The second-order valence-electron chi connectivity index (χ2n) is 5.41. The van der Waals surface area contributed by atoms with Gasteiger partial charge in [0.15, 0.2) is 5.17 Å². The number of amidine groups is 1. The second-order valence-corrected chi connectivity index (χ2v) is 6.87. The first kappa shape index (κ1) is 15.8. The molecule has 1 aromatic rings. The normalized spacial score (nSPS) is 20.9. The standard InChI is InChI=1S/C15H19FN2S.BrH/c16-12-4-6-13(7-5-12)18-14-17-11-10-15(19-14)8-2-1-3-9-15;/h4-7H,1-3,8-11H2,(H,17,18);1H. The molecule has 1 fully saturated rings. The highest BCUT2D eigenvalue weighted by molar-refractivity contribution is 8.93. The van der Waals surface area contributed by atoms with Crippen LogP contribution in [-0.2, 0) is 0 Å². The molecule has 0 saturated heterocycles. The molecule has 1 N–H and O–H groups in total. The Labute approximate surface area is 134 Å². The third-order valence-corrected chi connectivity index (χ3v) is 5.47. The highest BCUT2D eigenvalue weighted by Crippen LogP contribution is 2.45. The number of benzene rings is 1. The number of aliphatic imine (C=N–C) groups is 1. The van der Waals surface area contributed by atoms with Gasteiger partial charge in [-0.3, -0.25) is 4.99 Å². The van der Waals surface area contributed by atoms with Gasteiger partial charge in [0.05, 0.1) is 0 Å². The van der Waals surface area contributed by atoms with Crippen molar-refractivity contribution in [1.29, 1.82) is 0 Å². The molecule has 110 valence electrons. The molecular formula is C15H20BrFN2S. The van der Waals surface area contributed by atoms with Crippen LogP contribution in [0.4, 0.5) is 10.1 Å². The molecule has 0 radical (unpaired) electrons. The molecule has 2 nitrogen and oxygen atoms in total. The summed E-state index contributed by atoms with van der Waals surface area (Å²) in [5.74, 6) is -0.201. The van der Waals surface area contributed by atoms with E-state index in [1.165, 1.54) is 50.7 Å². The molecule has 5 heteroatoms. The fraction of sp³-hybridized carbons (Fsp3) is 0.533. The third kappa shape index (κ3) is 3.76. The van der Waals surface area contributed by atoms with E-state index in [9.17, 15) is 4.39 Å². The predicted octanol–water partition coefficient (Wildman–Crippen LogP) is 5.01. The Balaban J connectivity index is 0.00000147. The zero-order valence-electron chi connectivity index (χ0n) is 11.4. The van der Waals surface area contributed by atoms with E-state index in [0.29, 0.717) is 4.75 Å². The van der Waals surface area contributed by atoms with E-state index < -0.39 is 0 Å². The molecule has 20 heavy (non-hydrogen) atoms. The van der Waals surface area contributed by atoms with Crippen LogP contribution in [0.3, 0.4) is 0 Å². The number of rotatable bonds is 1. The quantitative estimate of drug-likeness (QED) is 0.762. The zero-order chi connectivity index (χ0) is 13.1. The lowest BCUT2D eigenvalue weighted by molar-refractivity contribution is 0.381. The van der Waals surface area contributed by atoms with E-state index in [1.807, 2.05) is 11.8 Å². The van der Waals surface area contributed by atoms with Crippen molar-refractivity contribution in [3.05, 3.63) is 30.1 Å². The number of hydrogen-bond acceptors (Lipinski definition) is 3. The first-order valence-corrected chi connectivity index (χ1v) is 7.84. The van der Waals surface area contributed by atoms with Crippen molar-refractivity contribution >= 4 is 39.6 Å². The molecule has 0 aromatic heterocycles. The van der Waals surface area contributed by atoms with Crippen molar-refractivity contribution in [2.45, 2.75) is 43.3 Å². The number of nitrogens with one attached hydrogen (secondary N) is 1. The zero-order valence-corrected chi connectivity index (χ0v) is 13.9. The predicted molar refractivity (Wildman–Crippen MR) is 90.7 cm³/mol. The van der Waals surface area contributed by atoms with E-state index >= 15 is 0 Å². The molecule has 0 unspecified atom stereocenters. The van der Waals surface area contributed by atoms with Gasteiger partial charge in [-0.05, 0) is 43.5 Å². The average molecular weight is 359 g/mol. The molecule has 0 amide bonds. The van der Waals surface area contributed by atoms with Crippen molar-refractivity contribution in [2.75, 3.05) is 11.9 Å². The van der Waals surface area contributed by atoms with Gasteiger partial charge in [-0.2, -0.15) is 0 Å². The molecule has 1 saturated carbocycles. The van der Waals surface area contributed by atoms with Crippen LogP contribution in [0.15, 0.2) is 29.3 Å². The number of thioether (sulfide) groups is 1. The number of hydrogen-bond donors (Lipinski definition) is 1. The van der Waals surface area contributed by atoms with E-state index in [0.717, 1.165) is 17.4 Å². The van der Waals surface area contributed by atoms with Gasteiger partial charge in [0.2, 0.25) is 0 Å². The Hall–Kier alpha value is -0.550. The molecule has 3 rings (SSSR count). The van der Waals surface area contributed by atoms with Crippen LogP contribution in [-0.4, -0.2) is 16.5 Å². The second kappa shape index (κ2) is 6.94. The van der Waals surface area contributed by atoms with Crippen molar-refractivity contribution in [1.82, 2.24) is 0 Å². The van der Waals surface area contributed by atoms with E-state index in [2.05, 4.69) is 10.3 Å². The Morgan fingerprint density at radius 3 is 2.45 bits per heavy atom. The smallest absolute Gasteiger partial charge is 0.161 e. The molecule has 1 aliphatic carbocycles. The molecule has 1 spiro atoms. The van der Waals surface area contributed by atoms with E-state index in [-0.39, 0.29) is 22.8 Å². The minimum Gasteiger partial charge on any atom is -0.335 e. The monoisotopic (exact) mass is 358 g/mol. The lowest BCUT2D eigenvalue weighted by Gasteiger charge is -2.39. The SMILES string of the molecule is Br.Fc1ccc(NC2=NCCC3(CCCCC3)S2)cc1. The van der Waals surface area contributed by atoms with Gasteiger partial charge in [0.25, 0.3) is 0 Å². The highest BCUT2D eigenvalue weighted by atomic mass is 79.9. The first-order chi connectivity index (χ1) is 9.26. The summed E-state index contributed by atoms with van der Waals surface area (Å²) in [6.45, 7) is 0.913. The van der Waals surface area contributed by atoms with Crippen molar-refractivity contribution in [2.24, 2.45) is 4.99 Å². The largest absolute Gasteiger partial charge is 0.335 e. The Morgan fingerprint density at radius 2 is 1.75 bits per heavy atom. The minimum atomic E-state index is -0.201. The minimum absolute atomic E-state index is 0. The van der Waals surface area contributed by atoms with Crippen LogP contribution in [0.2, 0.25) is 0 Å². The number of nitrogens with zero attached hydrogens (tertiary/aromatic N) is 1. The molecule has 1 aromatic carbocycles. The molecule has 1 heterocycles. The summed E-state index contributed by atoms with van der Waals surface area (Å²) >= 11 is 1.90. The van der Waals surface area contributed by atoms with Crippen molar-refractivity contribution in [3.8, 4) is 0 Å². The van der Waals surface area contributed by atoms with E-state index in [1.54, 1.807) is 12.1 Å². The topological polar surface area (TPSA) is 24.4 Å². The number of halogens is 2. The summed E-state index contributed by atoms with van der Waals surface area (Å²) in [4.78, 5) is 4.57. The van der Waals surface area contributed by atoms with Gasteiger partial charge in [-0.25, -0.2) is 4.39 Å². The lowest BCUT2D eigenvalue weighted by Crippen LogP contribution is -2.35. The summed E-state index contributed by atoms with van der Waals surface area (Å²) in [7, 11) is 0. The van der Waals surface area contributed by atoms with Crippen LogP contribution in [0.5, 0.6) is 0 Å². The third-order valence-electron chi connectivity index (χ3n) is 4.00. The van der Waals surface area contributed by atoms with Gasteiger partial charge in [0.1, 0.15) is 5.82 Å². The fourth-order valence-corrected chi connectivity index (χ4v) is 4.34. The Morgan fingerprint density at radius 1 is 1.05 bits per heavy atom. The lowest BCUT2D eigenvalue weighted by atomic mass is 9.86. The summed E-state index contributed by atoms with van der Waals surface area (Å²) in [6, 6.07) is 6.49. The summed E-state index contributed by atoms with van der Waals surface area (Å²) in [6.07, 6.45) is 7.88. The first-order valence-electron chi connectivity index (χ1n) is 7.02. The Kier molecular flexibility index (Phi) is 5.49. The van der Waals surface area contributed by atoms with Gasteiger partial charge in [-0.1, -0.05) is 31.0 Å². The maximum Gasteiger partial charge on any atom is 0.161 e. The van der Waals surface area contributed by atoms with Crippen LogP contribution >= 0.6 is 28.7 Å². The van der Waals surface area contributed by atoms with Crippen LogP contribution in [0.25, 0.3) is 0 Å². The summed E-state index contributed by atoms with van der Waals surface area (Å²) in [5.41, 5.74) is 0.917. The molecule has 0 bridgehead atoms. The van der Waals surface area contributed by atoms with Crippen LogP contribution in [0, 0.1) is 5.82 Å². The Bertz CT molecular complexity index is 469. The van der Waals surface area contributed by atoms with Crippen molar-refractivity contribution < 1.29 is 4.39 Å². The van der Waals surface area contributed by atoms with Crippen LogP contribution < -0.4 is 5.32 Å². The molecular weight excluding hydrogens is 339 g/mol.